The second kappa shape index (κ2) is 8.10. The van der Waals surface area contributed by atoms with E-state index >= 15 is 0 Å². The molecule has 1 radical (unpaired) electrons. The van der Waals surface area contributed by atoms with Gasteiger partial charge in [-0.15, -0.1) is 0 Å². The molecule has 0 saturated carbocycles. The molecule has 6 nitrogen and oxygen atoms in total. The number of carbonyl (C=O) groups excluding carboxylic acids is 2. The maximum Gasteiger partial charge on any atom is 0.213 e. The van der Waals surface area contributed by atoms with E-state index in [1.807, 2.05) is 0 Å². The van der Waals surface area contributed by atoms with Crippen LogP contribution < -0.4 is 9.64 Å². The molecule has 1 aliphatic heterocycles. The fourth-order valence-electron chi connectivity index (χ4n) is 1.66. The van der Waals surface area contributed by atoms with Crippen LogP contribution in [0.25, 0.3) is 11.5 Å². The Hall–Kier alpha value is -0.288. The van der Waals surface area contributed by atoms with E-state index in [2.05, 4.69) is 0 Å². The molecule has 0 fully saturated rings. The largest absolute Gasteiger partial charge is 0.666 e. The normalized spacial score (nSPS) is 17.2. The van der Waals surface area contributed by atoms with Gasteiger partial charge in [-0.1, -0.05) is 12.1 Å². The average Bonchev–Trinajstić information content (AvgIpc) is 2.42. The van der Waals surface area contributed by atoms with Crippen LogP contribution >= 0.6 is 0 Å². The van der Waals surface area contributed by atoms with E-state index in [4.69, 9.17) is 16.2 Å². The molecule has 0 aliphatic carbocycles. The number of rotatable bonds is 2. The van der Waals surface area contributed by atoms with Crippen molar-refractivity contribution in [1.82, 2.24) is 0 Å². The maximum atomic E-state index is 11.9. The van der Waals surface area contributed by atoms with Crippen LogP contribution in [0.5, 0.6) is 5.75 Å². The molecule has 8 heteroatoms. The van der Waals surface area contributed by atoms with Crippen LogP contribution in [0.1, 0.15) is 0 Å². The molecule has 99 valence electrons. The average molecular weight is 506 g/mol. The predicted octanol–water partition coefficient (Wildman–Crippen LogP) is 1.41. The first-order valence-electron chi connectivity index (χ1n) is 5.08. The van der Waals surface area contributed by atoms with Crippen LogP contribution in [-0.2, 0) is 63.4 Å². The molecular weight excluding hydrogens is 495 g/mol. The third-order valence-corrected chi connectivity index (χ3v) is 2.43. The van der Waals surface area contributed by atoms with E-state index in [9.17, 15) is 9.59 Å². The topological polar surface area (TPSA) is 94.2 Å². The number of ether oxygens (including phenoxy) is 1. The summed E-state index contributed by atoms with van der Waals surface area (Å²) in [6.07, 6.45) is 0. The fraction of sp³-hybridized carbons (Fsp3) is 0.273. The fourth-order valence-corrected chi connectivity index (χ4v) is 1.66. The van der Waals surface area contributed by atoms with Gasteiger partial charge in [-0.25, -0.2) is 0 Å². The number of nitrogens with one attached hydrogen (secondary N) is 2. The number of nitrogens with zero attached hydrogens (tertiary/aromatic N) is 1. The van der Waals surface area contributed by atoms with Crippen LogP contribution in [-0.4, -0.2) is 31.0 Å². The zero-order valence-electron chi connectivity index (χ0n) is 9.96. The van der Waals surface area contributed by atoms with E-state index in [0.717, 1.165) is 4.90 Å². The Bertz CT molecular complexity index is 472. The van der Waals surface area contributed by atoms with Gasteiger partial charge in [0.25, 0.3) is 0 Å². The first-order chi connectivity index (χ1) is 8.09. The summed E-state index contributed by atoms with van der Waals surface area (Å²) in [5.74, 6) is -0.936. The SMILES string of the molecule is [NH-]C(=O)CN1C(=O)[C@@H]([NH-])COc2ccccc21.[W].[Y]. The van der Waals surface area contributed by atoms with Gasteiger partial charge in [-0.3, -0.25) is 4.79 Å². The first-order valence-corrected chi connectivity index (χ1v) is 5.08. The molecule has 1 heterocycles. The molecule has 0 spiro atoms. The number of para-hydroxylation sites is 2. The quantitative estimate of drug-likeness (QED) is 0.608. The minimum Gasteiger partial charge on any atom is -0.666 e. The molecule has 2 amide bonds. The Labute approximate surface area is 150 Å². The van der Waals surface area contributed by atoms with Crippen LogP contribution in [0, 0.1) is 0 Å². The summed E-state index contributed by atoms with van der Waals surface area (Å²) in [6, 6.07) is 5.69. The van der Waals surface area contributed by atoms with Gasteiger partial charge in [-0.2, -0.15) is 0 Å². The Kier molecular flexibility index (Phi) is 7.98. The van der Waals surface area contributed by atoms with Gasteiger partial charge in [-0.05, 0) is 18.2 Å². The van der Waals surface area contributed by atoms with Gasteiger partial charge in [0.15, 0.2) is 0 Å². The minimum absolute atomic E-state index is 0. The summed E-state index contributed by atoms with van der Waals surface area (Å²) >= 11 is 0. The van der Waals surface area contributed by atoms with Gasteiger partial charge >= 0.3 is 0 Å². The minimum atomic E-state index is -1.07. The zero-order valence-corrected chi connectivity index (χ0v) is 15.7. The predicted molar refractivity (Wildman–Crippen MR) is 61.7 cm³/mol. The molecule has 1 aliphatic rings. The summed E-state index contributed by atoms with van der Waals surface area (Å²) in [5, 5.41) is 0. The van der Waals surface area contributed by atoms with Crippen molar-refractivity contribution in [2.24, 2.45) is 0 Å². The van der Waals surface area contributed by atoms with Crippen molar-refractivity contribution in [2.45, 2.75) is 6.04 Å². The maximum absolute atomic E-state index is 11.9. The molecule has 1 aromatic carbocycles. The van der Waals surface area contributed by atoms with Gasteiger partial charge in [0.1, 0.15) is 5.75 Å². The van der Waals surface area contributed by atoms with Crippen molar-refractivity contribution in [2.75, 3.05) is 18.1 Å². The van der Waals surface area contributed by atoms with Crippen LogP contribution in [0.4, 0.5) is 5.69 Å². The Morgan fingerprint density at radius 1 is 1.42 bits per heavy atom. The Morgan fingerprint density at radius 2 is 2.05 bits per heavy atom. The summed E-state index contributed by atoms with van der Waals surface area (Å²) in [7, 11) is 0. The van der Waals surface area contributed by atoms with E-state index in [0.29, 0.717) is 11.4 Å². The number of fused-ring (bicyclic) bond motifs is 1. The van der Waals surface area contributed by atoms with Crippen molar-refractivity contribution < 1.29 is 68.1 Å². The second-order valence-corrected chi connectivity index (χ2v) is 3.68. The first kappa shape index (κ1) is 18.7. The monoisotopic (exact) mass is 506 g/mol. The van der Waals surface area contributed by atoms with Crippen molar-refractivity contribution >= 4 is 17.5 Å². The molecule has 0 bridgehead atoms. The van der Waals surface area contributed by atoms with Gasteiger partial charge in [0.2, 0.25) is 5.91 Å². The number of carbonyl (C=O) groups is 2. The molecule has 0 saturated heterocycles. The molecule has 0 unspecified atom stereocenters. The van der Waals surface area contributed by atoms with Crippen LogP contribution in [0.3, 0.4) is 0 Å². The molecule has 2 rings (SSSR count). The third-order valence-electron chi connectivity index (χ3n) is 2.43. The standard InChI is InChI=1S/C11H12N3O3.W.Y/c12-7-6-17-9-4-2-1-3-8(9)14(11(7)16)5-10(13)15;;/h1-4,7,12H,5-6H2,(H2,13,15);;/q-1;;/p-1/t7-;;/m0../s1. The molecule has 1 atom stereocenters. The zero-order chi connectivity index (χ0) is 12.4. The molecular formula is C11H11N3O3WY-2. The van der Waals surface area contributed by atoms with E-state index < -0.39 is 17.9 Å². The Morgan fingerprint density at radius 3 is 2.68 bits per heavy atom. The number of hydrogen-bond acceptors (Lipinski definition) is 3. The van der Waals surface area contributed by atoms with E-state index in [-0.39, 0.29) is 66.9 Å². The van der Waals surface area contributed by atoms with E-state index in [1.165, 1.54) is 0 Å². The van der Waals surface area contributed by atoms with Gasteiger partial charge in [0, 0.05) is 53.8 Å². The summed E-state index contributed by atoms with van der Waals surface area (Å²) in [5.41, 5.74) is 15.0. The van der Waals surface area contributed by atoms with Crippen molar-refractivity contribution in [3.05, 3.63) is 35.7 Å². The van der Waals surface area contributed by atoms with Crippen molar-refractivity contribution in [1.29, 1.82) is 0 Å². The molecule has 19 heavy (non-hydrogen) atoms. The van der Waals surface area contributed by atoms with Gasteiger partial charge in [0.05, 0.1) is 24.7 Å². The summed E-state index contributed by atoms with van der Waals surface area (Å²) in [6.45, 7) is -0.396. The smallest absolute Gasteiger partial charge is 0.213 e. The van der Waals surface area contributed by atoms with Crippen molar-refractivity contribution in [3.63, 3.8) is 0 Å². The van der Waals surface area contributed by atoms with Crippen LogP contribution in [0.15, 0.2) is 24.3 Å². The number of anilines is 1. The Balaban J connectivity index is 0.00000162. The second-order valence-electron chi connectivity index (χ2n) is 3.68. The third kappa shape index (κ3) is 4.35. The van der Waals surface area contributed by atoms with Crippen LogP contribution in [0.2, 0.25) is 0 Å². The molecule has 2 N–H and O–H groups in total. The summed E-state index contributed by atoms with van der Waals surface area (Å²) < 4.78 is 5.32. The number of benzene rings is 1. The van der Waals surface area contributed by atoms with E-state index in [1.54, 1.807) is 24.3 Å². The molecule has 0 aromatic heterocycles. The van der Waals surface area contributed by atoms with Crippen molar-refractivity contribution in [3.8, 4) is 5.75 Å². The number of amides is 2. The summed E-state index contributed by atoms with van der Waals surface area (Å²) in [4.78, 5) is 23.9. The van der Waals surface area contributed by atoms with Gasteiger partial charge < -0.3 is 25.9 Å². The molecule has 1 aromatic rings. The number of hydrogen-bond donors (Lipinski definition) is 0.